The average molecular weight is 442 g/mol. The van der Waals surface area contributed by atoms with E-state index < -0.39 is 54.1 Å². The van der Waals surface area contributed by atoms with E-state index in [9.17, 15) is 35.9 Å². The minimum atomic E-state index is -5.10. The van der Waals surface area contributed by atoms with Gasteiger partial charge in [0.25, 0.3) is 0 Å². The van der Waals surface area contributed by atoms with Crippen LogP contribution < -0.4 is 9.47 Å². The molecule has 1 heterocycles. The molecule has 0 radical (unpaired) electrons. The molecule has 6 nitrogen and oxygen atoms in total. The van der Waals surface area contributed by atoms with Gasteiger partial charge in [0.15, 0.2) is 0 Å². The van der Waals surface area contributed by atoms with E-state index in [0.29, 0.717) is 6.08 Å². The monoisotopic (exact) mass is 442 g/mol. The van der Waals surface area contributed by atoms with Gasteiger partial charge in [-0.05, 0) is 32.1 Å². The summed E-state index contributed by atoms with van der Waals surface area (Å²) in [5.74, 6) is -3.59. The molecule has 1 aromatic rings. The summed E-state index contributed by atoms with van der Waals surface area (Å²) in [4.78, 5) is 23.7. The number of hydrogen-bond acceptors (Lipinski definition) is 6. The van der Waals surface area contributed by atoms with E-state index >= 15 is 0 Å². The predicted molar refractivity (Wildman–Crippen MR) is 88.5 cm³/mol. The molecule has 1 atom stereocenters. The number of esters is 2. The van der Waals surface area contributed by atoms with Crippen LogP contribution in [0, 0.1) is 0 Å². The molecule has 1 aliphatic heterocycles. The minimum absolute atomic E-state index is 0.0568. The molecule has 0 amide bonds. The lowest BCUT2D eigenvalue weighted by atomic mass is 9.97. The van der Waals surface area contributed by atoms with Crippen LogP contribution in [0.25, 0.3) is 6.08 Å². The topological polar surface area (TPSA) is 71.1 Å². The molecule has 1 aliphatic rings. The van der Waals surface area contributed by atoms with E-state index in [1.165, 1.54) is 13.8 Å². The molecule has 30 heavy (non-hydrogen) atoms. The smallest absolute Gasteiger partial charge is 0.475 e. The maximum absolute atomic E-state index is 13.5. The van der Waals surface area contributed by atoms with Gasteiger partial charge in [0.05, 0.1) is 25.2 Å². The molecule has 166 valence electrons. The fraction of sp³-hybridized carbons (Fsp3) is 0.444. The maximum Gasteiger partial charge on any atom is 0.573 e. The minimum Gasteiger partial charge on any atom is -0.475 e. The number of carbonyl (C=O) groups excluding carboxylic acids is 2. The van der Waals surface area contributed by atoms with E-state index in [1.54, 1.807) is 0 Å². The van der Waals surface area contributed by atoms with Gasteiger partial charge in [-0.25, -0.2) is 4.79 Å². The molecule has 0 N–H and O–H groups in total. The summed E-state index contributed by atoms with van der Waals surface area (Å²) in [6, 6.07) is 1.46. The van der Waals surface area contributed by atoms with Crippen LogP contribution in [0.2, 0.25) is 0 Å². The normalized spacial score (nSPS) is 16.1. The van der Waals surface area contributed by atoms with Gasteiger partial charge in [-0.1, -0.05) is 0 Å². The molecule has 0 aliphatic carbocycles. The number of halogens is 6. The Morgan fingerprint density at radius 2 is 1.67 bits per heavy atom. The Hall–Kier alpha value is -2.92. The lowest BCUT2D eigenvalue weighted by Gasteiger charge is -2.29. The van der Waals surface area contributed by atoms with Crippen LogP contribution in [-0.4, -0.2) is 43.8 Å². The second kappa shape index (κ2) is 8.84. The molecule has 2 rings (SSSR count). The lowest BCUT2D eigenvalue weighted by molar-refractivity contribution is -0.274. The van der Waals surface area contributed by atoms with Crippen LogP contribution in [0.5, 0.6) is 11.5 Å². The summed E-state index contributed by atoms with van der Waals surface area (Å²) in [6.45, 7) is 2.55. The Labute approximate surface area is 166 Å². The number of alkyl halides is 6. The van der Waals surface area contributed by atoms with Gasteiger partial charge in [0, 0.05) is 11.1 Å². The van der Waals surface area contributed by atoms with Gasteiger partial charge < -0.3 is 18.9 Å². The first-order valence-corrected chi connectivity index (χ1v) is 8.56. The zero-order valence-corrected chi connectivity index (χ0v) is 15.6. The van der Waals surface area contributed by atoms with E-state index in [0.717, 1.165) is 12.1 Å². The van der Waals surface area contributed by atoms with Crippen molar-refractivity contribution in [2.24, 2.45) is 0 Å². The number of carbonyl (C=O) groups is 2. The van der Waals surface area contributed by atoms with Crippen molar-refractivity contribution in [2.75, 3.05) is 13.2 Å². The van der Waals surface area contributed by atoms with Crippen LogP contribution in [0.1, 0.15) is 25.0 Å². The number of benzene rings is 1. The number of ether oxygens (including phenoxy) is 4. The summed E-state index contributed by atoms with van der Waals surface area (Å²) in [5.41, 5.74) is -1.61. The summed E-state index contributed by atoms with van der Waals surface area (Å²) in [7, 11) is 0. The highest BCUT2D eigenvalue weighted by Gasteiger charge is 2.49. The third-order valence-corrected chi connectivity index (χ3v) is 3.68. The van der Waals surface area contributed by atoms with Crippen LogP contribution in [0.3, 0.4) is 0 Å². The zero-order chi connectivity index (χ0) is 22.7. The van der Waals surface area contributed by atoms with E-state index in [4.69, 9.17) is 9.47 Å². The van der Waals surface area contributed by atoms with Crippen molar-refractivity contribution in [3.8, 4) is 11.5 Å². The molecule has 0 fully saturated rings. The molecule has 0 aromatic heterocycles. The van der Waals surface area contributed by atoms with E-state index in [-0.39, 0.29) is 24.3 Å². The first kappa shape index (κ1) is 23.4. The molecule has 12 heteroatoms. The fourth-order valence-corrected chi connectivity index (χ4v) is 2.67. The third-order valence-electron chi connectivity index (χ3n) is 3.68. The molecule has 0 bridgehead atoms. The standard InChI is InChI=1S/C18H16F6O6/c1-3-27-13(25)8-10-6-11(30-18(22,23)24)5-9-7-12(16(26)28-4-2)15(17(19,20)21)29-14(9)10/h5-7,15H,3-4,8H2,1-2H3. The van der Waals surface area contributed by atoms with Crippen LogP contribution in [-0.2, 0) is 25.5 Å². The Morgan fingerprint density at radius 3 is 2.20 bits per heavy atom. The quantitative estimate of drug-likeness (QED) is 0.491. The highest BCUT2D eigenvalue weighted by molar-refractivity contribution is 5.96. The van der Waals surface area contributed by atoms with Gasteiger partial charge in [0.1, 0.15) is 11.5 Å². The SMILES string of the molecule is CCOC(=O)Cc1cc(OC(F)(F)F)cc2c1OC(C(F)(F)F)C(C(=O)OCC)=C2. The van der Waals surface area contributed by atoms with Crippen LogP contribution in [0.15, 0.2) is 17.7 Å². The van der Waals surface area contributed by atoms with Gasteiger partial charge in [-0.15, -0.1) is 13.2 Å². The van der Waals surface area contributed by atoms with Crippen molar-refractivity contribution in [1.82, 2.24) is 0 Å². The largest absolute Gasteiger partial charge is 0.573 e. The number of fused-ring (bicyclic) bond motifs is 1. The first-order valence-electron chi connectivity index (χ1n) is 8.56. The van der Waals surface area contributed by atoms with Crippen LogP contribution >= 0.6 is 0 Å². The van der Waals surface area contributed by atoms with Gasteiger partial charge in [-0.3, -0.25) is 4.79 Å². The highest BCUT2D eigenvalue weighted by atomic mass is 19.4. The number of hydrogen-bond donors (Lipinski definition) is 0. The summed E-state index contributed by atoms with van der Waals surface area (Å²) >= 11 is 0. The van der Waals surface area contributed by atoms with Crippen molar-refractivity contribution < 1.29 is 54.9 Å². The molecule has 0 spiro atoms. The lowest BCUT2D eigenvalue weighted by Crippen LogP contribution is -2.41. The van der Waals surface area contributed by atoms with Crippen molar-refractivity contribution in [1.29, 1.82) is 0 Å². The first-order chi connectivity index (χ1) is 13.9. The molecular weight excluding hydrogens is 426 g/mol. The molecule has 1 unspecified atom stereocenters. The predicted octanol–water partition coefficient (Wildman–Crippen LogP) is 3.96. The summed E-state index contributed by atoms with van der Waals surface area (Å²) in [6.07, 6.45) is -12.9. The van der Waals surface area contributed by atoms with Gasteiger partial charge >= 0.3 is 24.5 Å². The van der Waals surface area contributed by atoms with Crippen molar-refractivity contribution in [2.45, 2.75) is 38.9 Å². The zero-order valence-electron chi connectivity index (χ0n) is 15.6. The van der Waals surface area contributed by atoms with Crippen LogP contribution in [0.4, 0.5) is 26.3 Å². The average Bonchev–Trinajstić information content (AvgIpc) is 2.58. The van der Waals surface area contributed by atoms with Gasteiger partial charge in [-0.2, -0.15) is 13.2 Å². The maximum atomic E-state index is 13.5. The van der Waals surface area contributed by atoms with E-state index in [1.807, 2.05) is 0 Å². The second-order valence-electron chi connectivity index (χ2n) is 5.89. The van der Waals surface area contributed by atoms with Gasteiger partial charge in [0.2, 0.25) is 6.10 Å². The highest BCUT2D eigenvalue weighted by Crippen LogP contribution is 2.42. The number of rotatable bonds is 6. The molecule has 1 aromatic carbocycles. The third kappa shape index (κ3) is 5.80. The summed E-state index contributed by atoms with van der Waals surface area (Å²) < 4.78 is 96.3. The Bertz CT molecular complexity index is 843. The summed E-state index contributed by atoms with van der Waals surface area (Å²) in [5, 5.41) is 0. The van der Waals surface area contributed by atoms with Crippen molar-refractivity contribution >= 4 is 18.0 Å². The Morgan fingerprint density at radius 1 is 1.03 bits per heavy atom. The Kier molecular flexibility index (Phi) is 6.88. The fourth-order valence-electron chi connectivity index (χ4n) is 2.67. The Balaban J connectivity index is 2.62. The molecule has 0 saturated heterocycles. The van der Waals surface area contributed by atoms with Crippen molar-refractivity contribution in [3.05, 3.63) is 28.8 Å². The van der Waals surface area contributed by atoms with E-state index in [2.05, 4.69) is 9.47 Å². The second-order valence-corrected chi connectivity index (χ2v) is 5.89. The van der Waals surface area contributed by atoms with Crippen molar-refractivity contribution in [3.63, 3.8) is 0 Å². The molecule has 0 saturated carbocycles. The molecular formula is C18H16F6O6.